The minimum absolute atomic E-state index is 0.281. The molecule has 0 spiro atoms. The summed E-state index contributed by atoms with van der Waals surface area (Å²) in [4.78, 5) is 13.4. The van der Waals surface area contributed by atoms with Gasteiger partial charge in [0.15, 0.2) is 11.2 Å². The van der Waals surface area contributed by atoms with E-state index in [1.54, 1.807) is 6.07 Å². The lowest BCUT2D eigenvalue weighted by molar-refractivity contribution is -0.124. The number of anilines is 2. The number of nitrogens with zero attached hydrogens (tertiary/aromatic N) is 1. The summed E-state index contributed by atoms with van der Waals surface area (Å²) in [6.07, 6.45) is -0.737. The van der Waals surface area contributed by atoms with E-state index in [0.717, 1.165) is 16.9 Å². The van der Waals surface area contributed by atoms with Crippen molar-refractivity contribution >= 4 is 34.6 Å². The molecule has 3 N–H and O–H groups in total. The molecule has 0 fully saturated rings. The Morgan fingerprint density at radius 1 is 1.29 bits per heavy atom. The van der Waals surface area contributed by atoms with Crippen molar-refractivity contribution in [2.45, 2.75) is 20.0 Å². The molecule has 1 heterocycles. The topological polar surface area (TPSA) is 67.6 Å². The molecule has 2 aromatic rings. The fourth-order valence-corrected chi connectivity index (χ4v) is 2.99. The Balaban J connectivity index is 1.89. The first-order valence-electron chi connectivity index (χ1n) is 7.66. The van der Waals surface area contributed by atoms with Gasteiger partial charge in [-0.05, 0) is 49.8 Å². The van der Waals surface area contributed by atoms with Crippen LogP contribution >= 0.6 is 12.2 Å². The van der Waals surface area contributed by atoms with Gasteiger partial charge in [-0.25, -0.2) is 0 Å². The number of carbonyl (C=O) groups excluding carboxylic acids is 1. The lowest BCUT2D eigenvalue weighted by Gasteiger charge is -2.35. The van der Waals surface area contributed by atoms with Crippen molar-refractivity contribution in [3.63, 3.8) is 0 Å². The molecule has 124 valence electrons. The van der Waals surface area contributed by atoms with Crippen LogP contribution in [-0.4, -0.2) is 23.7 Å². The molecule has 1 amide bonds. The number of hydrogen-bond donors (Lipinski definition) is 2. The third-order valence-electron chi connectivity index (χ3n) is 3.96. The molecule has 3 rings (SSSR count). The Morgan fingerprint density at radius 2 is 2.04 bits per heavy atom. The molecule has 1 atom stereocenters. The Kier molecular flexibility index (Phi) is 4.40. The average molecular weight is 341 g/mol. The zero-order chi connectivity index (χ0) is 17.3. The highest BCUT2D eigenvalue weighted by atomic mass is 32.1. The number of carbonyl (C=O) groups is 1. The largest absolute Gasteiger partial charge is 0.477 e. The van der Waals surface area contributed by atoms with E-state index in [1.165, 1.54) is 5.56 Å². The number of nitrogens with one attached hydrogen (secondary N) is 1. The number of aryl methyl sites for hydroxylation is 2. The fraction of sp³-hybridized carbons (Fsp3) is 0.222. The predicted molar refractivity (Wildman–Crippen MR) is 99.5 cm³/mol. The molecular weight excluding hydrogens is 322 g/mol. The second-order valence-electron chi connectivity index (χ2n) is 5.84. The van der Waals surface area contributed by atoms with Gasteiger partial charge in [0.1, 0.15) is 5.75 Å². The first-order chi connectivity index (χ1) is 11.5. The van der Waals surface area contributed by atoms with Crippen molar-refractivity contribution in [3.05, 3.63) is 53.6 Å². The first-order valence-corrected chi connectivity index (χ1v) is 8.07. The van der Waals surface area contributed by atoms with E-state index in [0.29, 0.717) is 10.9 Å². The number of primary amides is 1. The Morgan fingerprint density at radius 3 is 2.75 bits per heavy atom. The predicted octanol–water partition coefficient (Wildman–Crippen LogP) is 2.75. The van der Waals surface area contributed by atoms with E-state index < -0.39 is 12.0 Å². The summed E-state index contributed by atoms with van der Waals surface area (Å²) in [6.45, 7) is 4.35. The SMILES string of the molecule is Cc1ccc(NC(=S)N2CC(C(N)=O)Oc3ccccc32)c(C)c1. The molecule has 1 aliphatic rings. The minimum atomic E-state index is -0.737. The van der Waals surface area contributed by atoms with E-state index in [4.69, 9.17) is 22.7 Å². The highest BCUT2D eigenvalue weighted by molar-refractivity contribution is 7.80. The van der Waals surface area contributed by atoms with E-state index in [2.05, 4.69) is 11.4 Å². The molecule has 6 heteroatoms. The summed E-state index contributed by atoms with van der Waals surface area (Å²) in [5, 5.41) is 3.76. The molecule has 0 bridgehead atoms. The smallest absolute Gasteiger partial charge is 0.260 e. The normalized spacial score (nSPS) is 16.1. The minimum Gasteiger partial charge on any atom is -0.477 e. The quantitative estimate of drug-likeness (QED) is 0.822. The highest BCUT2D eigenvalue weighted by Crippen LogP contribution is 2.33. The van der Waals surface area contributed by atoms with Gasteiger partial charge in [-0.1, -0.05) is 29.8 Å². The van der Waals surface area contributed by atoms with Crippen molar-refractivity contribution in [3.8, 4) is 5.75 Å². The van der Waals surface area contributed by atoms with Gasteiger partial charge < -0.3 is 20.7 Å². The van der Waals surface area contributed by atoms with Crippen molar-refractivity contribution in [1.29, 1.82) is 0 Å². The van der Waals surface area contributed by atoms with E-state index in [1.807, 2.05) is 49.1 Å². The zero-order valence-corrected chi connectivity index (χ0v) is 14.4. The first kappa shape index (κ1) is 16.3. The molecule has 0 aromatic heterocycles. The zero-order valence-electron chi connectivity index (χ0n) is 13.6. The van der Waals surface area contributed by atoms with Gasteiger partial charge in [-0.3, -0.25) is 4.79 Å². The van der Waals surface area contributed by atoms with Crippen molar-refractivity contribution in [2.24, 2.45) is 5.73 Å². The van der Waals surface area contributed by atoms with Crippen molar-refractivity contribution < 1.29 is 9.53 Å². The van der Waals surface area contributed by atoms with E-state index >= 15 is 0 Å². The molecule has 0 radical (unpaired) electrons. The molecule has 0 saturated carbocycles. The standard InChI is InChI=1S/C18H19N3O2S/c1-11-7-8-13(12(2)9-11)20-18(24)21-10-16(17(19)22)23-15-6-4-3-5-14(15)21/h3-9,16H,10H2,1-2H3,(H2,19,22)(H,20,24). The lowest BCUT2D eigenvalue weighted by Crippen LogP contribution is -2.50. The van der Waals surface area contributed by atoms with Crippen LogP contribution < -0.4 is 20.7 Å². The maximum atomic E-state index is 11.6. The molecule has 5 nitrogen and oxygen atoms in total. The summed E-state index contributed by atoms with van der Waals surface area (Å²) >= 11 is 5.57. The van der Waals surface area contributed by atoms with Crippen LogP contribution in [0.5, 0.6) is 5.75 Å². The Labute approximate surface area is 146 Å². The number of hydrogen-bond acceptors (Lipinski definition) is 3. The molecule has 1 unspecified atom stereocenters. The van der Waals surface area contributed by atoms with Crippen LogP contribution in [0.3, 0.4) is 0 Å². The summed E-state index contributed by atoms with van der Waals surface area (Å²) in [5.74, 6) is 0.0844. The molecule has 1 aliphatic heterocycles. The molecule has 0 saturated heterocycles. The Bertz CT molecular complexity index is 807. The second kappa shape index (κ2) is 6.49. The molecule has 0 aliphatic carbocycles. The summed E-state index contributed by atoms with van der Waals surface area (Å²) < 4.78 is 5.66. The average Bonchev–Trinajstić information content (AvgIpc) is 2.56. The number of rotatable bonds is 2. The van der Waals surface area contributed by atoms with Crippen LogP contribution in [0.15, 0.2) is 42.5 Å². The summed E-state index contributed by atoms with van der Waals surface area (Å²) in [5.41, 5.74) is 9.47. The van der Waals surface area contributed by atoms with Crippen LogP contribution in [0.2, 0.25) is 0 Å². The number of thiocarbonyl (C=S) groups is 1. The van der Waals surface area contributed by atoms with Gasteiger partial charge in [-0.2, -0.15) is 0 Å². The van der Waals surface area contributed by atoms with Gasteiger partial charge >= 0.3 is 0 Å². The third kappa shape index (κ3) is 3.19. The van der Waals surface area contributed by atoms with Crippen LogP contribution in [-0.2, 0) is 4.79 Å². The number of fused-ring (bicyclic) bond motifs is 1. The van der Waals surface area contributed by atoms with Gasteiger partial charge in [0.2, 0.25) is 0 Å². The molecule has 2 aromatic carbocycles. The van der Waals surface area contributed by atoms with Gasteiger partial charge in [0.05, 0.1) is 12.2 Å². The van der Waals surface area contributed by atoms with Gasteiger partial charge in [0.25, 0.3) is 5.91 Å². The summed E-state index contributed by atoms with van der Waals surface area (Å²) in [6, 6.07) is 13.6. The van der Waals surface area contributed by atoms with Gasteiger partial charge in [-0.15, -0.1) is 0 Å². The van der Waals surface area contributed by atoms with Crippen molar-refractivity contribution in [1.82, 2.24) is 0 Å². The second-order valence-corrected chi connectivity index (χ2v) is 6.22. The molecular formula is C18H19N3O2S. The summed E-state index contributed by atoms with van der Waals surface area (Å²) in [7, 11) is 0. The van der Waals surface area contributed by atoms with Crippen molar-refractivity contribution in [2.75, 3.05) is 16.8 Å². The van der Waals surface area contributed by atoms with E-state index in [-0.39, 0.29) is 6.54 Å². The number of amides is 1. The lowest BCUT2D eigenvalue weighted by atomic mass is 10.1. The fourth-order valence-electron chi connectivity index (χ4n) is 2.71. The van der Waals surface area contributed by atoms with Crippen LogP contribution in [0, 0.1) is 13.8 Å². The highest BCUT2D eigenvalue weighted by Gasteiger charge is 2.31. The van der Waals surface area contributed by atoms with Gasteiger partial charge in [0, 0.05) is 5.69 Å². The van der Waals surface area contributed by atoms with Crippen LogP contribution in [0.4, 0.5) is 11.4 Å². The maximum absolute atomic E-state index is 11.6. The van der Waals surface area contributed by atoms with Crippen LogP contribution in [0.25, 0.3) is 0 Å². The number of para-hydroxylation sites is 2. The maximum Gasteiger partial charge on any atom is 0.260 e. The number of ether oxygens (including phenoxy) is 1. The van der Waals surface area contributed by atoms with E-state index in [9.17, 15) is 4.79 Å². The number of nitrogens with two attached hydrogens (primary N) is 1. The molecule has 24 heavy (non-hydrogen) atoms. The van der Waals surface area contributed by atoms with Crippen LogP contribution in [0.1, 0.15) is 11.1 Å². The Hall–Kier alpha value is -2.60. The third-order valence-corrected chi connectivity index (χ3v) is 4.28. The number of benzene rings is 2. The monoisotopic (exact) mass is 341 g/mol.